The van der Waals surface area contributed by atoms with Crippen LogP contribution in [-0.4, -0.2) is 24.3 Å². The van der Waals surface area contributed by atoms with Crippen molar-refractivity contribution in [1.82, 2.24) is 5.32 Å². The minimum Gasteiger partial charge on any atom is -0.366 e. The van der Waals surface area contributed by atoms with Gasteiger partial charge in [-0.15, -0.1) is 0 Å². The smallest absolute Gasteiger partial charge is 0.248 e. The Kier molecular flexibility index (Phi) is 6.48. The molecule has 0 spiro atoms. The van der Waals surface area contributed by atoms with E-state index in [1.807, 2.05) is 31.2 Å². The van der Waals surface area contributed by atoms with Crippen LogP contribution in [0.2, 0.25) is 0 Å². The van der Waals surface area contributed by atoms with Crippen LogP contribution in [0.1, 0.15) is 27.0 Å². The number of carbonyl (C=O) groups is 1. The highest BCUT2D eigenvalue weighted by Gasteiger charge is 2.14. The van der Waals surface area contributed by atoms with Gasteiger partial charge in [-0.25, -0.2) is 0 Å². The Morgan fingerprint density at radius 2 is 1.88 bits per heavy atom. The van der Waals surface area contributed by atoms with Gasteiger partial charge in [0.05, 0.1) is 6.04 Å². The molecule has 1 unspecified atom stereocenters. The van der Waals surface area contributed by atoms with E-state index in [1.54, 1.807) is 18.3 Å². The average molecular weight is 336 g/mol. The molecular weight excluding hydrogens is 312 g/mol. The number of aliphatic imine (C=N–C) groups is 1. The summed E-state index contributed by atoms with van der Waals surface area (Å²) in [6.45, 7) is 5.98. The van der Waals surface area contributed by atoms with Crippen LogP contribution in [-0.2, 0) is 6.42 Å². The molecular formula is C20H24N4O. The van der Waals surface area contributed by atoms with Crippen molar-refractivity contribution in [2.75, 3.05) is 6.54 Å². The first kappa shape index (κ1) is 18.4. The Morgan fingerprint density at radius 3 is 2.48 bits per heavy atom. The van der Waals surface area contributed by atoms with Crippen LogP contribution in [0.3, 0.4) is 0 Å². The summed E-state index contributed by atoms with van der Waals surface area (Å²) in [5.41, 5.74) is 14.6. The highest BCUT2D eigenvalue weighted by Crippen LogP contribution is 2.15. The monoisotopic (exact) mass is 336 g/mol. The van der Waals surface area contributed by atoms with Crippen molar-refractivity contribution in [2.24, 2.45) is 16.5 Å². The summed E-state index contributed by atoms with van der Waals surface area (Å²) in [4.78, 5) is 16.4. The Balaban J connectivity index is 2.38. The molecule has 1 atom stereocenters. The zero-order valence-corrected chi connectivity index (χ0v) is 14.4. The summed E-state index contributed by atoms with van der Waals surface area (Å²) in [5, 5.41) is 3.06. The first-order valence-electron chi connectivity index (χ1n) is 8.15. The molecule has 0 saturated heterocycles. The van der Waals surface area contributed by atoms with Crippen molar-refractivity contribution in [2.45, 2.75) is 19.4 Å². The zero-order valence-electron chi connectivity index (χ0n) is 14.4. The Bertz CT molecular complexity index is 769. The Labute approximate surface area is 148 Å². The van der Waals surface area contributed by atoms with E-state index in [-0.39, 0.29) is 6.04 Å². The predicted molar refractivity (Wildman–Crippen MR) is 103 cm³/mol. The zero-order chi connectivity index (χ0) is 18.2. The number of benzene rings is 2. The number of nitrogens with one attached hydrogen (secondary N) is 1. The van der Waals surface area contributed by atoms with E-state index in [9.17, 15) is 4.79 Å². The lowest BCUT2D eigenvalue weighted by molar-refractivity contribution is 0.0999. The van der Waals surface area contributed by atoms with Gasteiger partial charge in [0, 0.05) is 17.7 Å². The molecule has 0 bridgehead atoms. The highest BCUT2D eigenvalue weighted by atomic mass is 16.1. The normalized spacial score (nSPS) is 12.5. The van der Waals surface area contributed by atoms with Gasteiger partial charge in [0.25, 0.3) is 0 Å². The van der Waals surface area contributed by atoms with Crippen molar-refractivity contribution in [1.29, 1.82) is 0 Å². The fraction of sp³-hybridized carbons (Fsp3) is 0.200. The molecule has 130 valence electrons. The number of hydrogen-bond acceptors (Lipinski definition) is 3. The number of rotatable bonds is 7. The fourth-order valence-electron chi connectivity index (χ4n) is 2.69. The molecule has 0 saturated carbocycles. The van der Waals surface area contributed by atoms with Crippen LogP contribution in [0.15, 0.2) is 66.3 Å². The largest absolute Gasteiger partial charge is 0.366 e. The second-order valence-electron chi connectivity index (χ2n) is 5.75. The molecule has 2 aromatic carbocycles. The summed E-state index contributed by atoms with van der Waals surface area (Å²) >= 11 is 0. The molecule has 0 heterocycles. The van der Waals surface area contributed by atoms with Crippen LogP contribution in [0.5, 0.6) is 0 Å². The number of primary amides is 1. The van der Waals surface area contributed by atoms with Crippen LogP contribution < -0.4 is 16.8 Å². The van der Waals surface area contributed by atoms with Gasteiger partial charge < -0.3 is 16.8 Å². The summed E-state index contributed by atoms with van der Waals surface area (Å²) in [6.07, 6.45) is 2.29. The van der Waals surface area contributed by atoms with Crippen LogP contribution in [0.25, 0.3) is 0 Å². The lowest BCUT2D eigenvalue weighted by atomic mass is 10.0. The first-order chi connectivity index (χ1) is 12.1. The Morgan fingerprint density at radius 1 is 1.20 bits per heavy atom. The molecule has 5 nitrogen and oxygen atoms in total. The lowest BCUT2D eigenvalue weighted by Crippen LogP contribution is -2.28. The summed E-state index contributed by atoms with van der Waals surface area (Å²) < 4.78 is 0. The third kappa shape index (κ3) is 4.78. The van der Waals surface area contributed by atoms with E-state index >= 15 is 0 Å². The number of amides is 1. The fourth-order valence-corrected chi connectivity index (χ4v) is 2.69. The van der Waals surface area contributed by atoms with Gasteiger partial charge in [-0.2, -0.15) is 0 Å². The molecule has 2 rings (SSSR count). The average Bonchev–Trinajstić information content (AvgIpc) is 2.61. The van der Waals surface area contributed by atoms with Gasteiger partial charge >= 0.3 is 0 Å². The van der Waals surface area contributed by atoms with Crippen molar-refractivity contribution in [3.05, 3.63) is 83.6 Å². The minimum atomic E-state index is -0.461. The second kappa shape index (κ2) is 8.80. The van der Waals surface area contributed by atoms with E-state index in [2.05, 4.69) is 24.0 Å². The Hall–Kier alpha value is -2.92. The maximum absolute atomic E-state index is 11.6. The third-order valence-corrected chi connectivity index (χ3v) is 3.99. The molecule has 0 aromatic heterocycles. The molecule has 0 radical (unpaired) electrons. The molecule has 0 aliphatic rings. The van der Waals surface area contributed by atoms with Crippen LogP contribution in [0, 0.1) is 6.92 Å². The summed E-state index contributed by atoms with van der Waals surface area (Å²) in [6, 6.07) is 15.4. The summed E-state index contributed by atoms with van der Waals surface area (Å²) in [7, 11) is 0. The number of hydrogen-bond donors (Lipinski definition) is 3. The maximum atomic E-state index is 11.6. The lowest BCUT2D eigenvalue weighted by Gasteiger charge is -2.16. The molecule has 0 aliphatic heterocycles. The molecule has 5 heteroatoms. The number of nitrogens with two attached hydrogens (primary N) is 2. The molecule has 25 heavy (non-hydrogen) atoms. The number of nitrogens with zero attached hydrogens (tertiary/aromatic N) is 1. The van der Waals surface area contributed by atoms with E-state index in [1.165, 1.54) is 5.56 Å². The van der Waals surface area contributed by atoms with Gasteiger partial charge in [0.2, 0.25) is 5.91 Å². The molecule has 5 N–H and O–H groups in total. The quantitative estimate of drug-likeness (QED) is 0.534. The number of carbonyl (C=O) groups excluding carboxylic acids is 1. The minimum absolute atomic E-state index is 0.0958. The second-order valence-corrected chi connectivity index (χ2v) is 5.75. The standard InChI is InChI=1S/C20H24N4O/c1-3-23-20(18-11-7-10-17(14(18)2)19(22)25)24-16(13-21)12-15-8-5-4-6-9-15/h3-11,16H,1,12-13,21H2,2H3,(H2,22,25)(H,23,24). The van der Waals surface area contributed by atoms with Crippen LogP contribution in [0.4, 0.5) is 0 Å². The van der Waals surface area contributed by atoms with Gasteiger partial charge in [-0.3, -0.25) is 9.79 Å². The predicted octanol–water partition coefficient (Wildman–Crippen LogP) is 2.14. The molecule has 0 aliphatic carbocycles. The topological polar surface area (TPSA) is 93.5 Å². The van der Waals surface area contributed by atoms with E-state index in [0.717, 1.165) is 17.5 Å². The molecule has 1 amide bonds. The van der Waals surface area contributed by atoms with Crippen LogP contribution >= 0.6 is 0 Å². The third-order valence-electron chi connectivity index (χ3n) is 3.99. The van der Waals surface area contributed by atoms with Crippen molar-refractivity contribution in [3.8, 4) is 0 Å². The van der Waals surface area contributed by atoms with Gasteiger partial charge in [-0.05, 0) is 36.7 Å². The van der Waals surface area contributed by atoms with Gasteiger partial charge in [-0.1, -0.05) is 49.0 Å². The number of amidine groups is 1. The van der Waals surface area contributed by atoms with Crippen molar-refractivity contribution < 1.29 is 4.79 Å². The molecule has 0 fully saturated rings. The van der Waals surface area contributed by atoms with Crippen molar-refractivity contribution in [3.63, 3.8) is 0 Å². The SMILES string of the molecule is C=CNC(=NC(CN)Cc1ccccc1)c1cccc(C(N)=O)c1C. The van der Waals surface area contributed by atoms with Gasteiger partial charge in [0.15, 0.2) is 0 Å². The summed E-state index contributed by atoms with van der Waals surface area (Å²) in [5.74, 6) is 0.166. The first-order valence-corrected chi connectivity index (χ1v) is 8.15. The van der Waals surface area contributed by atoms with Gasteiger partial charge in [0.1, 0.15) is 5.84 Å². The highest BCUT2D eigenvalue weighted by molar-refractivity contribution is 6.04. The van der Waals surface area contributed by atoms with Crippen molar-refractivity contribution >= 4 is 11.7 Å². The van der Waals surface area contributed by atoms with E-state index in [0.29, 0.717) is 17.9 Å². The maximum Gasteiger partial charge on any atom is 0.248 e. The molecule has 2 aromatic rings. The van der Waals surface area contributed by atoms with E-state index in [4.69, 9.17) is 16.5 Å². The van der Waals surface area contributed by atoms with E-state index < -0.39 is 5.91 Å².